The van der Waals surface area contributed by atoms with Gasteiger partial charge in [-0.1, -0.05) is 60.7 Å². The molecule has 6 heteroatoms. The van der Waals surface area contributed by atoms with Gasteiger partial charge in [0.1, 0.15) is 17.9 Å². The van der Waals surface area contributed by atoms with Gasteiger partial charge in [-0.05, 0) is 48.2 Å². The number of ether oxygens (including phenoxy) is 1. The predicted octanol–water partition coefficient (Wildman–Crippen LogP) is 5.27. The third kappa shape index (κ3) is 5.38. The molecule has 1 aliphatic rings. The van der Waals surface area contributed by atoms with Crippen LogP contribution in [0.5, 0.6) is 5.75 Å². The zero-order chi connectivity index (χ0) is 24.7. The highest BCUT2D eigenvalue weighted by Crippen LogP contribution is 2.28. The van der Waals surface area contributed by atoms with E-state index in [1.807, 2.05) is 66.7 Å². The highest BCUT2D eigenvalue weighted by molar-refractivity contribution is 5.80. The summed E-state index contributed by atoms with van der Waals surface area (Å²) in [7, 11) is 1.66. The van der Waals surface area contributed by atoms with Gasteiger partial charge in [0.25, 0.3) is 0 Å². The number of rotatable bonds is 7. The summed E-state index contributed by atoms with van der Waals surface area (Å²) in [5.74, 6) is 1.60. The van der Waals surface area contributed by atoms with E-state index in [1.165, 1.54) is 0 Å². The van der Waals surface area contributed by atoms with Crippen molar-refractivity contribution in [3.05, 3.63) is 108 Å². The number of methoxy groups -OCH3 is 1. The summed E-state index contributed by atoms with van der Waals surface area (Å²) in [5.41, 5.74) is 4.00. The maximum Gasteiger partial charge on any atom is 0.225 e. The van der Waals surface area contributed by atoms with Crippen molar-refractivity contribution in [3.63, 3.8) is 0 Å². The Morgan fingerprint density at radius 2 is 1.61 bits per heavy atom. The van der Waals surface area contributed by atoms with E-state index in [4.69, 9.17) is 4.74 Å². The van der Waals surface area contributed by atoms with E-state index in [9.17, 15) is 4.79 Å². The summed E-state index contributed by atoms with van der Waals surface area (Å²) in [6, 6.07) is 29.9. The molecule has 3 aromatic carbocycles. The predicted molar refractivity (Wildman–Crippen MR) is 142 cm³/mol. The molecule has 0 bridgehead atoms. The SMILES string of the molecule is COc1ccc(-c2cc(N3CCCC(C(=O)NC(c4ccccc4)c4ccccc4)C3)ncn2)cc1. The molecule has 1 fully saturated rings. The number of nitrogens with zero attached hydrogens (tertiary/aromatic N) is 3. The summed E-state index contributed by atoms with van der Waals surface area (Å²) in [6.45, 7) is 1.49. The van der Waals surface area contributed by atoms with Crippen molar-refractivity contribution in [1.82, 2.24) is 15.3 Å². The monoisotopic (exact) mass is 478 g/mol. The normalized spacial score (nSPS) is 15.5. The van der Waals surface area contributed by atoms with Gasteiger partial charge in [0.2, 0.25) is 5.91 Å². The fraction of sp³-hybridized carbons (Fsp3) is 0.233. The van der Waals surface area contributed by atoms with Gasteiger partial charge in [-0.3, -0.25) is 4.79 Å². The summed E-state index contributed by atoms with van der Waals surface area (Å²) < 4.78 is 5.26. The molecule has 1 amide bonds. The molecular formula is C30H30N4O2. The Kier molecular flexibility index (Phi) is 7.22. The number of hydrogen-bond acceptors (Lipinski definition) is 5. The molecule has 0 saturated carbocycles. The zero-order valence-electron chi connectivity index (χ0n) is 20.4. The Labute approximate surface area is 212 Å². The lowest BCUT2D eigenvalue weighted by molar-refractivity contribution is -0.125. The number of benzene rings is 3. The van der Waals surface area contributed by atoms with E-state index < -0.39 is 0 Å². The second-order valence-electron chi connectivity index (χ2n) is 9.04. The van der Waals surface area contributed by atoms with E-state index in [0.29, 0.717) is 6.54 Å². The lowest BCUT2D eigenvalue weighted by atomic mass is 9.94. The summed E-state index contributed by atoms with van der Waals surface area (Å²) in [6.07, 6.45) is 3.38. The largest absolute Gasteiger partial charge is 0.497 e. The smallest absolute Gasteiger partial charge is 0.225 e. The molecule has 1 aliphatic heterocycles. The number of amides is 1. The summed E-state index contributed by atoms with van der Waals surface area (Å²) in [4.78, 5) is 24.7. The van der Waals surface area contributed by atoms with Crippen molar-refractivity contribution in [3.8, 4) is 17.0 Å². The molecule has 182 valence electrons. The Bertz CT molecular complexity index is 1240. The Hall–Kier alpha value is -4.19. The van der Waals surface area contributed by atoms with Crippen LogP contribution in [0.4, 0.5) is 5.82 Å². The maximum atomic E-state index is 13.5. The van der Waals surface area contributed by atoms with Gasteiger partial charge in [0, 0.05) is 24.7 Å². The maximum absolute atomic E-state index is 13.5. The molecule has 1 aromatic heterocycles. The number of carbonyl (C=O) groups excluding carboxylic acids is 1. The van der Waals surface area contributed by atoms with Crippen LogP contribution < -0.4 is 15.0 Å². The number of piperidine rings is 1. The van der Waals surface area contributed by atoms with Gasteiger partial charge in [0.15, 0.2) is 0 Å². The average Bonchev–Trinajstić information content (AvgIpc) is 2.97. The van der Waals surface area contributed by atoms with Crippen LogP contribution in [0.3, 0.4) is 0 Å². The zero-order valence-corrected chi connectivity index (χ0v) is 20.4. The molecule has 1 saturated heterocycles. The quantitative estimate of drug-likeness (QED) is 0.392. The third-order valence-corrected chi connectivity index (χ3v) is 6.71. The molecule has 1 N–H and O–H groups in total. The van der Waals surface area contributed by atoms with E-state index in [1.54, 1.807) is 13.4 Å². The number of hydrogen-bond donors (Lipinski definition) is 1. The first kappa shape index (κ1) is 23.5. The van der Waals surface area contributed by atoms with Gasteiger partial charge in [-0.25, -0.2) is 9.97 Å². The molecule has 1 atom stereocenters. The molecule has 36 heavy (non-hydrogen) atoms. The molecule has 4 aromatic rings. The van der Waals surface area contributed by atoms with E-state index in [-0.39, 0.29) is 17.9 Å². The molecule has 0 radical (unpaired) electrons. The van der Waals surface area contributed by atoms with Gasteiger partial charge in [0.05, 0.1) is 24.8 Å². The molecule has 1 unspecified atom stereocenters. The molecule has 6 nitrogen and oxygen atoms in total. The molecule has 5 rings (SSSR count). The van der Waals surface area contributed by atoms with Crippen LogP contribution in [0.1, 0.15) is 30.0 Å². The number of nitrogens with one attached hydrogen (secondary N) is 1. The summed E-state index contributed by atoms with van der Waals surface area (Å²) >= 11 is 0. The third-order valence-electron chi connectivity index (χ3n) is 6.71. The van der Waals surface area contributed by atoms with Crippen LogP contribution in [0.15, 0.2) is 97.3 Å². The lowest BCUT2D eigenvalue weighted by Crippen LogP contribution is -2.44. The van der Waals surface area contributed by atoms with Crippen LogP contribution in [0.25, 0.3) is 11.3 Å². The van der Waals surface area contributed by atoms with Crippen molar-refractivity contribution < 1.29 is 9.53 Å². The Morgan fingerprint density at radius 3 is 2.25 bits per heavy atom. The number of anilines is 1. The van der Waals surface area contributed by atoms with Crippen molar-refractivity contribution in [2.45, 2.75) is 18.9 Å². The van der Waals surface area contributed by atoms with Gasteiger partial charge < -0.3 is 15.0 Å². The fourth-order valence-electron chi connectivity index (χ4n) is 4.75. The number of carbonyl (C=O) groups is 1. The van der Waals surface area contributed by atoms with Gasteiger partial charge >= 0.3 is 0 Å². The second-order valence-corrected chi connectivity index (χ2v) is 9.04. The summed E-state index contributed by atoms with van der Waals surface area (Å²) in [5, 5.41) is 3.33. The Balaban J connectivity index is 1.32. The standard InChI is InChI=1S/C30H30N4O2/c1-36-26-16-14-22(15-17-26)27-19-28(32-21-31-27)34-18-8-13-25(20-34)30(35)33-29(23-9-4-2-5-10-23)24-11-6-3-7-12-24/h2-7,9-12,14-17,19,21,25,29H,8,13,18,20H2,1H3,(H,33,35). The van der Waals surface area contributed by atoms with Crippen LogP contribution in [0, 0.1) is 5.92 Å². The highest BCUT2D eigenvalue weighted by atomic mass is 16.5. The van der Waals surface area contributed by atoms with Crippen molar-refractivity contribution in [2.24, 2.45) is 5.92 Å². The lowest BCUT2D eigenvalue weighted by Gasteiger charge is -2.34. The highest BCUT2D eigenvalue weighted by Gasteiger charge is 2.29. The first-order valence-electron chi connectivity index (χ1n) is 12.3. The molecule has 2 heterocycles. The topological polar surface area (TPSA) is 67.3 Å². The molecule has 0 spiro atoms. The van der Waals surface area contributed by atoms with Crippen LogP contribution in [-0.4, -0.2) is 36.1 Å². The van der Waals surface area contributed by atoms with Crippen LogP contribution in [-0.2, 0) is 4.79 Å². The Morgan fingerprint density at radius 1 is 0.944 bits per heavy atom. The van der Waals surface area contributed by atoms with E-state index in [0.717, 1.165) is 53.3 Å². The van der Waals surface area contributed by atoms with Crippen molar-refractivity contribution in [2.75, 3.05) is 25.1 Å². The van der Waals surface area contributed by atoms with Gasteiger partial charge in [-0.15, -0.1) is 0 Å². The minimum absolute atomic E-state index is 0.0711. The average molecular weight is 479 g/mol. The van der Waals surface area contributed by atoms with E-state index >= 15 is 0 Å². The first-order chi connectivity index (χ1) is 17.7. The molecular weight excluding hydrogens is 448 g/mol. The van der Waals surface area contributed by atoms with Crippen LogP contribution in [0.2, 0.25) is 0 Å². The second kappa shape index (κ2) is 11.0. The fourth-order valence-corrected chi connectivity index (χ4v) is 4.75. The van der Waals surface area contributed by atoms with E-state index in [2.05, 4.69) is 44.5 Å². The van der Waals surface area contributed by atoms with Gasteiger partial charge in [-0.2, -0.15) is 0 Å². The minimum atomic E-state index is -0.184. The number of aromatic nitrogens is 2. The first-order valence-corrected chi connectivity index (χ1v) is 12.3. The van der Waals surface area contributed by atoms with Crippen LogP contribution >= 0.6 is 0 Å². The molecule has 0 aliphatic carbocycles. The van der Waals surface area contributed by atoms with Crippen molar-refractivity contribution >= 4 is 11.7 Å². The van der Waals surface area contributed by atoms with Crippen molar-refractivity contribution in [1.29, 1.82) is 0 Å². The minimum Gasteiger partial charge on any atom is -0.497 e.